The van der Waals surface area contributed by atoms with Gasteiger partial charge in [-0.05, 0) is 29.7 Å². The van der Waals surface area contributed by atoms with Gasteiger partial charge in [0, 0.05) is 18.9 Å². The minimum atomic E-state index is -0.263. The number of amides is 1. The van der Waals surface area contributed by atoms with Crippen molar-refractivity contribution in [3.63, 3.8) is 0 Å². The summed E-state index contributed by atoms with van der Waals surface area (Å²) < 4.78 is 5.33. The maximum Gasteiger partial charge on any atom is 0.240 e. The fraction of sp³-hybridized carbons (Fsp3) is 0.333. The van der Waals surface area contributed by atoms with Crippen LogP contribution in [0.5, 0.6) is 0 Å². The van der Waals surface area contributed by atoms with Crippen LogP contribution in [-0.4, -0.2) is 36.7 Å². The summed E-state index contributed by atoms with van der Waals surface area (Å²) >= 11 is 0. The summed E-state index contributed by atoms with van der Waals surface area (Å²) in [7, 11) is 0. The first-order valence-electron chi connectivity index (χ1n) is 7.86. The molecule has 0 radical (unpaired) electrons. The van der Waals surface area contributed by atoms with Gasteiger partial charge in [0.1, 0.15) is 6.04 Å². The van der Waals surface area contributed by atoms with Crippen molar-refractivity contribution in [2.75, 3.05) is 19.8 Å². The van der Waals surface area contributed by atoms with Gasteiger partial charge in [0.15, 0.2) is 0 Å². The third-order valence-electron chi connectivity index (χ3n) is 4.00. The number of aromatic nitrogens is 1. The molecule has 0 aliphatic carbocycles. The Bertz CT molecular complexity index is 637. The van der Waals surface area contributed by atoms with E-state index in [1.807, 2.05) is 37.4 Å². The van der Waals surface area contributed by atoms with Crippen molar-refractivity contribution in [1.29, 1.82) is 0 Å². The molecule has 0 spiro atoms. The molecule has 0 saturated carbocycles. The molecular weight excluding hydrogens is 290 g/mol. The Morgan fingerprint density at radius 3 is 2.78 bits per heavy atom. The van der Waals surface area contributed by atoms with Crippen LogP contribution in [0.3, 0.4) is 0 Å². The second kappa shape index (κ2) is 7.35. The first-order valence-corrected chi connectivity index (χ1v) is 7.86. The van der Waals surface area contributed by atoms with Crippen LogP contribution < -0.4 is 10.6 Å². The molecule has 1 fully saturated rings. The number of nitrogens with zero attached hydrogens (tertiary/aromatic N) is 1. The van der Waals surface area contributed by atoms with Crippen LogP contribution >= 0.6 is 0 Å². The van der Waals surface area contributed by atoms with Crippen LogP contribution in [0.25, 0.3) is 11.1 Å². The number of pyridine rings is 1. The smallest absolute Gasteiger partial charge is 0.240 e. The molecule has 1 aliphatic heterocycles. The second-order valence-electron chi connectivity index (χ2n) is 5.68. The van der Waals surface area contributed by atoms with Crippen molar-refractivity contribution < 1.29 is 9.53 Å². The molecule has 1 aromatic heterocycles. The highest BCUT2D eigenvalue weighted by atomic mass is 16.5. The lowest BCUT2D eigenvalue weighted by Gasteiger charge is -2.25. The Labute approximate surface area is 136 Å². The van der Waals surface area contributed by atoms with E-state index >= 15 is 0 Å². The minimum absolute atomic E-state index is 0.0199. The Morgan fingerprint density at radius 2 is 2.13 bits per heavy atom. The second-order valence-corrected chi connectivity index (χ2v) is 5.68. The topological polar surface area (TPSA) is 63.2 Å². The molecule has 3 rings (SSSR count). The summed E-state index contributed by atoms with van der Waals surface area (Å²) in [6.07, 6.45) is 3.60. The lowest BCUT2D eigenvalue weighted by atomic mass is 10.0. The lowest BCUT2D eigenvalue weighted by molar-refractivity contribution is -0.126. The molecule has 0 bridgehead atoms. The van der Waals surface area contributed by atoms with Crippen molar-refractivity contribution in [3.05, 3.63) is 54.4 Å². The third-order valence-corrected chi connectivity index (χ3v) is 4.00. The Kier molecular flexibility index (Phi) is 5.00. The van der Waals surface area contributed by atoms with E-state index < -0.39 is 0 Å². The van der Waals surface area contributed by atoms with Gasteiger partial charge in [0.05, 0.1) is 19.3 Å². The van der Waals surface area contributed by atoms with Crippen molar-refractivity contribution in [2.45, 2.75) is 19.0 Å². The van der Waals surface area contributed by atoms with Gasteiger partial charge in [-0.3, -0.25) is 9.78 Å². The molecule has 2 aromatic rings. The zero-order chi connectivity index (χ0) is 16.1. The van der Waals surface area contributed by atoms with Crippen LogP contribution in [0.1, 0.15) is 18.5 Å². The number of carbonyl (C=O) groups excluding carboxylic acids is 1. The van der Waals surface area contributed by atoms with E-state index in [9.17, 15) is 4.79 Å². The van der Waals surface area contributed by atoms with Gasteiger partial charge < -0.3 is 15.4 Å². The van der Waals surface area contributed by atoms with Crippen LogP contribution in [0.2, 0.25) is 0 Å². The van der Waals surface area contributed by atoms with Gasteiger partial charge in [-0.25, -0.2) is 0 Å². The molecule has 23 heavy (non-hydrogen) atoms. The first kappa shape index (κ1) is 15.6. The Balaban J connectivity index is 1.63. The molecule has 2 heterocycles. The Morgan fingerprint density at radius 1 is 1.30 bits per heavy atom. The van der Waals surface area contributed by atoms with Gasteiger partial charge in [-0.2, -0.15) is 0 Å². The predicted octanol–water partition coefficient (Wildman–Crippen LogP) is 1.91. The Hall–Kier alpha value is -2.24. The molecule has 5 heteroatoms. The van der Waals surface area contributed by atoms with Gasteiger partial charge >= 0.3 is 0 Å². The molecule has 5 nitrogen and oxygen atoms in total. The van der Waals surface area contributed by atoms with Gasteiger partial charge in [0.2, 0.25) is 5.91 Å². The van der Waals surface area contributed by atoms with Crippen molar-refractivity contribution in [2.24, 2.45) is 0 Å². The normalized spacial score (nSPS) is 19.1. The van der Waals surface area contributed by atoms with Crippen LogP contribution in [0.15, 0.2) is 48.8 Å². The van der Waals surface area contributed by atoms with Crippen molar-refractivity contribution in [1.82, 2.24) is 15.6 Å². The highest BCUT2D eigenvalue weighted by Crippen LogP contribution is 2.21. The number of hydrogen-bond acceptors (Lipinski definition) is 4. The molecule has 1 amide bonds. The number of ether oxygens (including phenoxy) is 1. The quantitative estimate of drug-likeness (QED) is 0.905. The summed E-state index contributed by atoms with van der Waals surface area (Å²) in [6.45, 7) is 3.79. The number of carbonyl (C=O) groups is 1. The zero-order valence-electron chi connectivity index (χ0n) is 13.2. The molecule has 2 N–H and O–H groups in total. The number of nitrogens with one attached hydrogen (secondary N) is 2. The molecule has 1 aliphatic rings. The van der Waals surface area contributed by atoms with E-state index in [4.69, 9.17) is 4.74 Å². The van der Waals surface area contributed by atoms with E-state index in [2.05, 4.69) is 27.8 Å². The van der Waals surface area contributed by atoms with Crippen LogP contribution in [-0.2, 0) is 9.53 Å². The van der Waals surface area contributed by atoms with Crippen LogP contribution in [0.4, 0.5) is 0 Å². The molecule has 2 unspecified atom stereocenters. The van der Waals surface area contributed by atoms with E-state index in [-0.39, 0.29) is 18.0 Å². The SMILES string of the molecule is CC(NC(=O)C1COCCN1)c1ccc(-c2cccnc2)cc1. The number of rotatable bonds is 4. The maximum absolute atomic E-state index is 12.2. The summed E-state index contributed by atoms with van der Waals surface area (Å²) in [6, 6.07) is 11.8. The summed E-state index contributed by atoms with van der Waals surface area (Å²) in [4.78, 5) is 16.3. The summed E-state index contributed by atoms with van der Waals surface area (Å²) in [5, 5.41) is 6.19. The van der Waals surface area contributed by atoms with E-state index in [0.29, 0.717) is 19.8 Å². The number of hydrogen-bond donors (Lipinski definition) is 2. The predicted molar refractivity (Wildman–Crippen MR) is 88.8 cm³/mol. The van der Waals surface area contributed by atoms with Gasteiger partial charge in [-0.1, -0.05) is 30.3 Å². The number of benzene rings is 1. The largest absolute Gasteiger partial charge is 0.378 e. The highest BCUT2D eigenvalue weighted by molar-refractivity contribution is 5.82. The first-order chi connectivity index (χ1) is 11.2. The lowest BCUT2D eigenvalue weighted by Crippen LogP contribution is -2.51. The van der Waals surface area contributed by atoms with E-state index in [1.54, 1.807) is 6.20 Å². The molecule has 2 atom stereocenters. The standard InChI is InChI=1S/C18H21N3O2/c1-13(21-18(22)17-12-23-10-9-20-17)14-4-6-15(7-5-14)16-3-2-8-19-11-16/h2-8,11,13,17,20H,9-10,12H2,1H3,(H,21,22). The summed E-state index contributed by atoms with van der Waals surface area (Å²) in [5.41, 5.74) is 3.27. The minimum Gasteiger partial charge on any atom is -0.378 e. The number of morpholine rings is 1. The average molecular weight is 311 g/mol. The molecule has 1 aromatic carbocycles. The zero-order valence-corrected chi connectivity index (χ0v) is 13.2. The molecule has 1 saturated heterocycles. The van der Waals surface area contributed by atoms with E-state index in [1.165, 1.54) is 0 Å². The van der Waals surface area contributed by atoms with Gasteiger partial charge in [-0.15, -0.1) is 0 Å². The summed E-state index contributed by atoms with van der Waals surface area (Å²) in [5.74, 6) is -0.0199. The molecule has 120 valence electrons. The van der Waals surface area contributed by atoms with Gasteiger partial charge in [0.25, 0.3) is 0 Å². The van der Waals surface area contributed by atoms with Crippen molar-refractivity contribution >= 4 is 5.91 Å². The third kappa shape index (κ3) is 3.94. The fourth-order valence-corrected chi connectivity index (χ4v) is 2.63. The van der Waals surface area contributed by atoms with E-state index in [0.717, 1.165) is 16.7 Å². The highest BCUT2D eigenvalue weighted by Gasteiger charge is 2.22. The monoisotopic (exact) mass is 311 g/mol. The maximum atomic E-state index is 12.2. The van der Waals surface area contributed by atoms with Crippen LogP contribution in [0, 0.1) is 0 Å². The molecular formula is C18H21N3O2. The average Bonchev–Trinajstić information content (AvgIpc) is 2.63. The van der Waals surface area contributed by atoms with Crippen molar-refractivity contribution in [3.8, 4) is 11.1 Å². The fourth-order valence-electron chi connectivity index (χ4n) is 2.63.